The Morgan fingerprint density at radius 2 is 1.70 bits per heavy atom. The molecule has 0 unspecified atom stereocenters. The van der Waals surface area contributed by atoms with Gasteiger partial charge in [0.05, 0.1) is 11.4 Å². The molecule has 20 heavy (non-hydrogen) atoms. The zero-order valence-electron chi connectivity index (χ0n) is 10.1. The average molecular weight is 268 g/mol. The van der Waals surface area contributed by atoms with Gasteiger partial charge in [-0.1, -0.05) is 12.1 Å². The maximum Gasteiger partial charge on any atom is 0.354 e. The van der Waals surface area contributed by atoms with Crippen molar-refractivity contribution in [3.05, 3.63) is 42.1 Å². The van der Waals surface area contributed by atoms with Gasteiger partial charge in [-0.15, -0.1) is 10.2 Å². The summed E-state index contributed by atoms with van der Waals surface area (Å²) in [7, 11) is 0. The molecular formula is C12H8N6O2. The molecule has 0 aromatic carbocycles. The van der Waals surface area contributed by atoms with Gasteiger partial charge in [-0.3, -0.25) is 0 Å². The highest BCUT2D eigenvalue weighted by atomic mass is 16.4. The number of carbonyl (C=O) groups is 1. The van der Waals surface area contributed by atoms with Gasteiger partial charge in [0.2, 0.25) is 5.82 Å². The third-order valence-corrected chi connectivity index (χ3v) is 2.55. The number of rotatable bonds is 3. The highest BCUT2D eigenvalue weighted by molar-refractivity contribution is 5.86. The highest BCUT2D eigenvalue weighted by Gasteiger charge is 2.10. The lowest BCUT2D eigenvalue weighted by Gasteiger charge is -2.02. The van der Waals surface area contributed by atoms with E-state index in [1.807, 2.05) is 0 Å². The molecule has 0 amide bonds. The standard InChI is InChI=1S/C12H8N6O2/c19-12(20)10-6-2-4-8(14-10)7-3-1-5-9(13-7)11-15-17-18-16-11/h1-6H,(H,19,20)(H,15,16,17,18). The van der Waals surface area contributed by atoms with Gasteiger partial charge in [0, 0.05) is 0 Å². The SMILES string of the molecule is O=C(O)c1cccc(-c2cccc(-c3nn[nH]n3)n2)n1. The lowest BCUT2D eigenvalue weighted by molar-refractivity contribution is 0.0690. The number of aromatic carboxylic acids is 1. The molecule has 3 heterocycles. The molecule has 2 N–H and O–H groups in total. The van der Waals surface area contributed by atoms with Crippen LogP contribution in [0.2, 0.25) is 0 Å². The van der Waals surface area contributed by atoms with Crippen molar-refractivity contribution in [2.75, 3.05) is 0 Å². The molecule has 3 aromatic rings. The predicted octanol–water partition coefficient (Wildman–Crippen LogP) is 1.02. The minimum atomic E-state index is -1.08. The first-order valence-electron chi connectivity index (χ1n) is 5.65. The number of carboxylic acids is 1. The van der Waals surface area contributed by atoms with E-state index in [1.165, 1.54) is 6.07 Å². The number of pyridine rings is 2. The third kappa shape index (κ3) is 2.21. The van der Waals surface area contributed by atoms with Crippen LogP contribution in [0, 0.1) is 0 Å². The fraction of sp³-hybridized carbons (Fsp3) is 0. The monoisotopic (exact) mass is 268 g/mol. The lowest BCUT2D eigenvalue weighted by atomic mass is 10.2. The summed E-state index contributed by atoms with van der Waals surface area (Å²) in [6.07, 6.45) is 0. The van der Waals surface area contributed by atoms with E-state index in [0.717, 1.165) is 0 Å². The second kappa shape index (κ2) is 4.84. The Hall–Kier alpha value is -3.16. The molecule has 0 aliphatic carbocycles. The first-order valence-corrected chi connectivity index (χ1v) is 5.65. The summed E-state index contributed by atoms with van der Waals surface area (Å²) >= 11 is 0. The average Bonchev–Trinajstić information content (AvgIpc) is 3.02. The quantitative estimate of drug-likeness (QED) is 0.728. The van der Waals surface area contributed by atoms with Crippen LogP contribution in [0.25, 0.3) is 22.9 Å². The largest absolute Gasteiger partial charge is 0.477 e. The molecular weight excluding hydrogens is 260 g/mol. The van der Waals surface area contributed by atoms with Crippen molar-refractivity contribution in [2.24, 2.45) is 0 Å². The Bertz CT molecular complexity index is 756. The smallest absolute Gasteiger partial charge is 0.354 e. The molecule has 0 aliphatic heterocycles. The highest BCUT2D eigenvalue weighted by Crippen LogP contribution is 2.18. The summed E-state index contributed by atoms with van der Waals surface area (Å²) in [5, 5.41) is 22.4. The minimum Gasteiger partial charge on any atom is -0.477 e. The summed E-state index contributed by atoms with van der Waals surface area (Å²) in [5.41, 5.74) is 1.50. The molecule has 8 heteroatoms. The molecule has 0 spiro atoms. The Kier molecular flexibility index (Phi) is 2.88. The fourth-order valence-corrected chi connectivity index (χ4v) is 1.67. The van der Waals surface area contributed by atoms with E-state index in [0.29, 0.717) is 22.9 Å². The molecule has 0 radical (unpaired) electrons. The van der Waals surface area contributed by atoms with Gasteiger partial charge in [-0.2, -0.15) is 5.21 Å². The topological polar surface area (TPSA) is 118 Å². The van der Waals surface area contributed by atoms with Gasteiger partial charge in [-0.05, 0) is 29.5 Å². The first-order chi connectivity index (χ1) is 9.74. The van der Waals surface area contributed by atoms with Gasteiger partial charge in [0.25, 0.3) is 0 Å². The zero-order chi connectivity index (χ0) is 13.9. The molecule has 0 bridgehead atoms. The molecule has 0 aliphatic rings. The normalized spacial score (nSPS) is 10.4. The predicted molar refractivity (Wildman–Crippen MR) is 67.6 cm³/mol. The van der Waals surface area contributed by atoms with E-state index >= 15 is 0 Å². The van der Waals surface area contributed by atoms with E-state index < -0.39 is 5.97 Å². The number of hydrogen-bond donors (Lipinski definition) is 2. The van der Waals surface area contributed by atoms with Crippen molar-refractivity contribution in [3.63, 3.8) is 0 Å². The molecule has 0 fully saturated rings. The minimum absolute atomic E-state index is 0.0331. The molecule has 98 valence electrons. The van der Waals surface area contributed by atoms with E-state index in [2.05, 4.69) is 30.6 Å². The Morgan fingerprint density at radius 1 is 1.00 bits per heavy atom. The van der Waals surface area contributed by atoms with Crippen molar-refractivity contribution < 1.29 is 9.90 Å². The van der Waals surface area contributed by atoms with Crippen LogP contribution in [0.1, 0.15) is 10.5 Å². The van der Waals surface area contributed by atoms with Crippen molar-refractivity contribution >= 4 is 5.97 Å². The molecule has 0 saturated carbocycles. The summed E-state index contributed by atoms with van der Waals surface area (Å²) in [6.45, 7) is 0. The number of aromatic amines is 1. The van der Waals surface area contributed by atoms with Crippen LogP contribution in [-0.4, -0.2) is 41.7 Å². The maximum atomic E-state index is 10.9. The fourth-order valence-electron chi connectivity index (χ4n) is 1.67. The zero-order valence-corrected chi connectivity index (χ0v) is 10.1. The van der Waals surface area contributed by atoms with E-state index in [4.69, 9.17) is 5.11 Å². The summed E-state index contributed by atoms with van der Waals surface area (Å²) in [5.74, 6) is -0.720. The summed E-state index contributed by atoms with van der Waals surface area (Å²) in [6, 6.07) is 9.97. The van der Waals surface area contributed by atoms with Crippen LogP contribution in [-0.2, 0) is 0 Å². The second-order valence-electron chi connectivity index (χ2n) is 3.86. The van der Waals surface area contributed by atoms with Crippen molar-refractivity contribution in [3.8, 4) is 22.9 Å². The van der Waals surface area contributed by atoms with E-state index in [1.54, 1.807) is 30.3 Å². The van der Waals surface area contributed by atoms with Gasteiger partial charge in [-0.25, -0.2) is 14.8 Å². The summed E-state index contributed by atoms with van der Waals surface area (Å²) in [4.78, 5) is 19.3. The van der Waals surface area contributed by atoms with E-state index in [-0.39, 0.29) is 5.69 Å². The van der Waals surface area contributed by atoms with Crippen LogP contribution in [0.4, 0.5) is 0 Å². The van der Waals surface area contributed by atoms with Crippen molar-refractivity contribution in [2.45, 2.75) is 0 Å². The van der Waals surface area contributed by atoms with Gasteiger partial charge in [0.1, 0.15) is 11.4 Å². The van der Waals surface area contributed by atoms with Crippen molar-refractivity contribution in [1.29, 1.82) is 0 Å². The number of H-pyrrole nitrogens is 1. The Morgan fingerprint density at radius 3 is 2.40 bits per heavy atom. The first kappa shape index (κ1) is 11.9. The molecule has 0 saturated heterocycles. The molecule has 3 rings (SSSR count). The number of tetrazole rings is 1. The number of aromatic nitrogens is 6. The van der Waals surface area contributed by atoms with Crippen LogP contribution < -0.4 is 0 Å². The lowest BCUT2D eigenvalue weighted by Crippen LogP contribution is -2.01. The van der Waals surface area contributed by atoms with Crippen LogP contribution >= 0.6 is 0 Å². The van der Waals surface area contributed by atoms with E-state index in [9.17, 15) is 4.79 Å². The molecule has 8 nitrogen and oxygen atoms in total. The molecule has 0 atom stereocenters. The van der Waals surface area contributed by atoms with Gasteiger partial charge in [0.15, 0.2) is 0 Å². The van der Waals surface area contributed by atoms with Crippen LogP contribution in [0.15, 0.2) is 36.4 Å². The third-order valence-electron chi connectivity index (χ3n) is 2.55. The second-order valence-corrected chi connectivity index (χ2v) is 3.86. The van der Waals surface area contributed by atoms with Crippen LogP contribution in [0.5, 0.6) is 0 Å². The maximum absolute atomic E-state index is 10.9. The Labute approximate surface area is 112 Å². The summed E-state index contributed by atoms with van der Waals surface area (Å²) < 4.78 is 0. The number of nitrogens with zero attached hydrogens (tertiary/aromatic N) is 5. The Balaban J connectivity index is 2.04. The molecule has 3 aromatic heterocycles. The number of hydrogen-bond acceptors (Lipinski definition) is 6. The van der Waals surface area contributed by atoms with Gasteiger partial charge >= 0.3 is 5.97 Å². The number of carboxylic acid groups (broad SMARTS) is 1. The van der Waals surface area contributed by atoms with Gasteiger partial charge < -0.3 is 5.11 Å². The van der Waals surface area contributed by atoms with Crippen LogP contribution in [0.3, 0.4) is 0 Å². The number of nitrogens with one attached hydrogen (secondary N) is 1. The van der Waals surface area contributed by atoms with Crippen molar-refractivity contribution in [1.82, 2.24) is 30.6 Å².